The molecule has 7 heteroatoms. The van der Waals surface area contributed by atoms with Crippen molar-refractivity contribution in [3.8, 4) is 5.82 Å². The van der Waals surface area contributed by atoms with Crippen molar-refractivity contribution in [3.63, 3.8) is 0 Å². The average molecular weight is 377 g/mol. The van der Waals surface area contributed by atoms with Crippen LogP contribution >= 0.6 is 0 Å². The van der Waals surface area contributed by atoms with E-state index in [0.29, 0.717) is 17.1 Å². The van der Waals surface area contributed by atoms with Gasteiger partial charge in [-0.25, -0.2) is 9.78 Å². The molecule has 0 spiro atoms. The summed E-state index contributed by atoms with van der Waals surface area (Å²) in [6.45, 7) is 6.30. The van der Waals surface area contributed by atoms with Crippen molar-refractivity contribution >= 4 is 5.91 Å². The molecule has 144 valence electrons. The van der Waals surface area contributed by atoms with Crippen LogP contribution in [0, 0.1) is 6.92 Å². The molecule has 3 aromatic rings. The van der Waals surface area contributed by atoms with E-state index in [1.165, 1.54) is 23.4 Å². The molecular weight excluding hydrogens is 354 g/mol. The lowest BCUT2D eigenvalue weighted by Gasteiger charge is -2.37. The van der Waals surface area contributed by atoms with E-state index in [2.05, 4.69) is 52.7 Å². The van der Waals surface area contributed by atoms with Gasteiger partial charge < -0.3 is 5.32 Å². The molecule has 1 aliphatic rings. The lowest BCUT2D eigenvalue weighted by molar-refractivity contribution is 0.0929. The summed E-state index contributed by atoms with van der Waals surface area (Å²) in [6.07, 6.45) is 3.44. The van der Waals surface area contributed by atoms with Crippen molar-refractivity contribution in [1.82, 2.24) is 25.3 Å². The van der Waals surface area contributed by atoms with Gasteiger partial charge in [-0.15, -0.1) is 0 Å². The highest BCUT2D eigenvalue weighted by molar-refractivity contribution is 5.95. The standard InChI is InChI=1S/C21H23N5O2/c1-13-15(12-22-26(13)18-8-9-19(27)25-24-18)20(28)23-17-10-11-21(2,3)16-7-5-4-6-14(16)17/h4-9,12,17H,10-11H2,1-3H3,(H,23,28)(H,25,27)/t17-/m0/s1. The molecule has 0 bridgehead atoms. The van der Waals surface area contributed by atoms with Crippen LogP contribution in [0.1, 0.15) is 59.9 Å². The van der Waals surface area contributed by atoms with Gasteiger partial charge in [0.25, 0.3) is 11.5 Å². The van der Waals surface area contributed by atoms with Crippen molar-refractivity contribution in [2.75, 3.05) is 0 Å². The van der Waals surface area contributed by atoms with E-state index in [1.807, 2.05) is 13.0 Å². The van der Waals surface area contributed by atoms with E-state index in [0.717, 1.165) is 12.8 Å². The zero-order valence-electron chi connectivity index (χ0n) is 16.2. The zero-order chi connectivity index (χ0) is 19.9. The van der Waals surface area contributed by atoms with Gasteiger partial charge in [0.1, 0.15) is 0 Å². The van der Waals surface area contributed by atoms with Gasteiger partial charge in [0, 0.05) is 6.07 Å². The molecule has 0 radical (unpaired) electrons. The molecule has 2 heterocycles. The van der Waals surface area contributed by atoms with E-state index in [1.54, 1.807) is 10.7 Å². The fourth-order valence-electron chi connectivity index (χ4n) is 3.92. The molecule has 1 atom stereocenters. The second-order valence-electron chi connectivity index (χ2n) is 7.87. The molecule has 0 aliphatic heterocycles. The van der Waals surface area contributed by atoms with E-state index in [-0.39, 0.29) is 22.9 Å². The smallest absolute Gasteiger partial charge is 0.264 e. The number of rotatable bonds is 3. The summed E-state index contributed by atoms with van der Waals surface area (Å²) >= 11 is 0. The van der Waals surface area contributed by atoms with E-state index < -0.39 is 0 Å². The summed E-state index contributed by atoms with van der Waals surface area (Å²) in [5.41, 5.74) is 3.45. The first-order valence-electron chi connectivity index (χ1n) is 9.38. The molecule has 7 nitrogen and oxygen atoms in total. The third-order valence-corrected chi connectivity index (χ3v) is 5.56. The molecule has 2 N–H and O–H groups in total. The normalized spacial score (nSPS) is 17.8. The lowest BCUT2D eigenvalue weighted by Crippen LogP contribution is -2.35. The van der Waals surface area contributed by atoms with Crippen LogP contribution in [0.2, 0.25) is 0 Å². The Balaban J connectivity index is 1.60. The molecule has 28 heavy (non-hydrogen) atoms. The van der Waals surface area contributed by atoms with Crippen LogP contribution in [-0.2, 0) is 5.41 Å². The Morgan fingerprint density at radius 2 is 2.04 bits per heavy atom. The molecule has 4 rings (SSSR count). The van der Waals surface area contributed by atoms with Crippen LogP contribution in [0.15, 0.2) is 47.4 Å². The predicted octanol–water partition coefficient (Wildman–Crippen LogP) is 2.81. The van der Waals surface area contributed by atoms with Gasteiger partial charge in [-0.2, -0.15) is 10.2 Å². The van der Waals surface area contributed by atoms with Crippen molar-refractivity contribution in [3.05, 3.63) is 75.3 Å². The lowest BCUT2D eigenvalue weighted by atomic mass is 9.71. The fraction of sp³-hybridized carbons (Fsp3) is 0.333. The SMILES string of the molecule is Cc1c(C(=O)N[C@H]2CCC(C)(C)c3ccccc32)cnn1-c1ccc(=O)[nH]n1. The minimum atomic E-state index is -0.287. The first-order valence-corrected chi connectivity index (χ1v) is 9.38. The molecule has 0 unspecified atom stereocenters. The number of hydrogen-bond acceptors (Lipinski definition) is 4. The van der Waals surface area contributed by atoms with Crippen molar-refractivity contribution in [2.24, 2.45) is 0 Å². The highest BCUT2D eigenvalue weighted by Gasteiger charge is 2.33. The highest BCUT2D eigenvalue weighted by Crippen LogP contribution is 2.41. The Kier molecular flexibility index (Phi) is 4.37. The number of nitrogens with one attached hydrogen (secondary N) is 2. The van der Waals surface area contributed by atoms with E-state index in [9.17, 15) is 9.59 Å². The number of H-pyrrole nitrogens is 1. The maximum absolute atomic E-state index is 13.0. The van der Waals surface area contributed by atoms with E-state index >= 15 is 0 Å². The molecule has 0 saturated carbocycles. The topological polar surface area (TPSA) is 92.7 Å². The summed E-state index contributed by atoms with van der Waals surface area (Å²) in [7, 11) is 0. The molecule has 1 amide bonds. The van der Waals surface area contributed by atoms with Gasteiger partial charge in [0.2, 0.25) is 0 Å². The zero-order valence-corrected chi connectivity index (χ0v) is 16.2. The van der Waals surface area contributed by atoms with Gasteiger partial charge >= 0.3 is 0 Å². The predicted molar refractivity (Wildman–Crippen MR) is 106 cm³/mol. The summed E-state index contributed by atoms with van der Waals surface area (Å²) in [5.74, 6) is 0.300. The quantitative estimate of drug-likeness (QED) is 0.734. The van der Waals surface area contributed by atoms with Crippen molar-refractivity contribution < 1.29 is 4.79 Å². The van der Waals surface area contributed by atoms with Crippen LogP contribution < -0.4 is 10.9 Å². The van der Waals surface area contributed by atoms with Crippen LogP contribution in [0.3, 0.4) is 0 Å². The minimum Gasteiger partial charge on any atom is -0.345 e. The largest absolute Gasteiger partial charge is 0.345 e. The first kappa shape index (κ1) is 18.2. The number of hydrogen-bond donors (Lipinski definition) is 2. The first-order chi connectivity index (χ1) is 13.4. The number of benzene rings is 1. The second-order valence-corrected chi connectivity index (χ2v) is 7.87. The van der Waals surface area contributed by atoms with Crippen LogP contribution in [0.5, 0.6) is 0 Å². The molecule has 2 aromatic heterocycles. The number of aromatic nitrogens is 4. The number of carbonyl (C=O) groups is 1. The van der Waals surface area contributed by atoms with Gasteiger partial charge in [-0.05, 0) is 42.4 Å². The van der Waals surface area contributed by atoms with Gasteiger partial charge in [-0.3, -0.25) is 9.59 Å². The number of nitrogens with zero attached hydrogens (tertiary/aromatic N) is 3. The number of carbonyl (C=O) groups excluding carboxylic acids is 1. The number of aromatic amines is 1. The molecule has 0 saturated heterocycles. The Bertz CT molecular complexity index is 1080. The molecular formula is C21H23N5O2. The maximum Gasteiger partial charge on any atom is 0.264 e. The Morgan fingerprint density at radius 3 is 2.79 bits per heavy atom. The monoisotopic (exact) mass is 377 g/mol. The maximum atomic E-state index is 13.0. The Hall–Kier alpha value is -3.22. The average Bonchev–Trinajstić information content (AvgIpc) is 3.06. The summed E-state index contributed by atoms with van der Waals surface area (Å²) in [6, 6.07) is 11.2. The van der Waals surface area contributed by atoms with Crippen LogP contribution in [-0.4, -0.2) is 25.9 Å². The highest BCUT2D eigenvalue weighted by atomic mass is 16.1. The van der Waals surface area contributed by atoms with Gasteiger partial charge in [-0.1, -0.05) is 38.1 Å². The summed E-state index contributed by atoms with van der Waals surface area (Å²) in [4.78, 5) is 24.2. The summed E-state index contributed by atoms with van der Waals surface area (Å²) < 4.78 is 1.54. The molecule has 0 fully saturated rings. The van der Waals surface area contributed by atoms with Crippen molar-refractivity contribution in [1.29, 1.82) is 0 Å². The number of amides is 1. The van der Waals surface area contributed by atoms with E-state index in [4.69, 9.17) is 0 Å². The Morgan fingerprint density at radius 1 is 1.25 bits per heavy atom. The summed E-state index contributed by atoms with van der Waals surface area (Å²) in [5, 5.41) is 13.8. The molecule has 1 aliphatic carbocycles. The third kappa shape index (κ3) is 3.13. The van der Waals surface area contributed by atoms with Crippen LogP contribution in [0.4, 0.5) is 0 Å². The van der Waals surface area contributed by atoms with Gasteiger partial charge in [0.15, 0.2) is 5.82 Å². The molecule has 1 aromatic carbocycles. The Labute approximate surface area is 162 Å². The second kappa shape index (κ2) is 6.74. The minimum absolute atomic E-state index is 0.0225. The number of fused-ring (bicyclic) bond motifs is 1. The van der Waals surface area contributed by atoms with Crippen molar-refractivity contribution in [2.45, 2.75) is 45.1 Å². The van der Waals surface area contributed by atoms with Gasteiger partial charge in [0.05, 0.1) is 23.5 Å². The third-order valence-electron chi connectivity index (χ3n) is 5.56. The fourth-order valence-corrected chi connectivity index (χ4v) is 3.92. The van der Waals surface area contributed by atoms with Crippen LogP contribution in [0.25, 0.3) is 5.82 Å².